The van der Waals surface area contributed by atoms with Gasteiger partial charge < -0.3 is 15.4 Å². The van der Waals surface area contributed by atoms with Crippen LogP contribution in [0.1, 0.15) is 45.4 Å². The molecule has 1 aliphatic carbocycles. The highest BCUT2D eigenvalue weighted by Crippen LogP contribution is 2.28. The molecule has 1 saturated carbocycles. The number of aliphatic imine (C=N–C) groups is 1. The van der Waals surface area contributed by atoms with Gasteiger partial charge in [0.15, 0.2) is 5.96 Å². The normalized spacial score (nSPS) is 15.9. The predicted octanol–water partition coefficient (Wildman–Crippen LogP) is 3.09. The highest BCUT2D eigenvalue weighted by molar-refractivity contribution is 5.79. The van der Waals surface area contributed by atoms with Crippen LogP contribution < -0.4 is 10.6 Å². The van der Waals surface area contributed by atoms with Gasteiger partial charge in [-0.05, 0) is 44.9 Å². The quantitative estimate of drug-likeness (QED) is 0.349. The molecule has 0 aromatic heterocycles. The Labute approximate surface area is 130 Å². The summed E-state index contributed by atoms with van der Waals surface area (Å²) >= 11 is 0. The number of nitrogens with one attached hydrogen (secondary N) is 2. The maximum absolute atomic E-state index is 12.0. The van der Waals surface area contributed by atoms with E-state index in [0.29, 0.717) is 32.1 Å². The number of unbranched alkanes of at least 4 members (excludes halogenated alkanes) is 1. The Balaban J connectivity index is 2.04. The first-order chi connectivity index (χ1) is 10.5. The summed E-state index contributed by atoms with van der Waals surface area (Å²) in [7, 11) is 0. The van der Waals surface area contributed by atoms with E-state index < -0.39 is 12.6 Å². The molecule has 0 heterocycles. The van der Waals surface area contributed by atoms with Crippen molar-refractivity contribution in [3.05, 3.63) is 0 Å². The van der Waals surface area contributed by atoms with E-state index in [1.807, 2.05) is 6.92 Å². The van der Waals surface area contributed by atoms with Crippen LogP contribution in [-0.4, -0.2) is 45.0 Å². The van der Waals surface area contributed by atoms with E-state index in [2.05, 4.69) is 15.6 Å². The molecular weight excluding hydrogens is 295 g/mol. The molecule has 0 atom stereocenters. The minimum Gasteiger partial charge on any atom is -0.381 e. The molecule has 1 aliphatic rings. The summed E-state index contributed by atoms with van der Waals surface area (Å²) in [6, 6.07) is 0. The number of hydrogen-bond acceptors (Lipinski definition) is 2. The van der Waals surface area contributed by atoms with Gasteiger partial charge in [-0.15, -0.1) is 0 Å². The summed E-state index contributed by atoms with van der Waals surface area (Å²) in [6.45, 7) is 5.42. The fraction of sp³-hybridized carbons (Fsp3) is 0.933. The average Bonchev–Trinajstić information content (AvgIpc) is 3.25. The Bertz CT molecular complexity index is 318. The maximum atomic E-state index is 12.0. The lowest BCUT2D eigenvalue weighted by molar-refractivity contribution is -0.135. The van der Waals surface area contributed by atoms with Crippen molar-refractivity contribution in [2.24, 2.45) is 10.9 Å². The van der Waals surface area contributed by atoms with E-state index in [0.717, 1.165) is 25.5 Å². The Morgan fingerprint density at radius 2 is 1.95 bits per heavy atom. The van der Waals surface area contributed by atoms with Gasteiger partial charge in [0.1, 0.15) is 0 Å². The molecule has 0 bridgehead atoms. The van der Waals surface area contributed by atoms with Gasteiger partial charge in [-0.3, -0.25) is 4.99 Å². The van der Waals surface area contributed by atoms with Crippen LogP contribution in [-0.2, 0) is 4.74 Å². The summed E-state index contributed by atoms with van der Waals surface area (Å²) in [5, 5.41) is 6.14. The molecule has 22 heavy (non-hydrogen) atoms. The molecule has 130 valence electrons. The summed E-state index contributed by atoms with van der Waals surface area (Å²) in [4.78, 5) is 4.38. The second kappa shape index (κ2) is 10.7. The molecule has 2 N–H and O–H groups in total. The minimum absolute atomic E-state index is 0.144. The molecule has 0 amide bonds. The lowest BCUT2D eigenvalue weighted by Gasteiger charge is -2.11. The number of alkyl halides is 3. The van der Waals surface area contributed by atoms with Crippen molar-refractivity contribution in [3.8, 4) is 0 Å². The van der Waals surface area contributed by atoms with Gasteiger partial charge in [0.2, 0.25) is 0 Å². The Kier molecular flexibility index (Phi) is 9.27. The zero-order valence-electron chi connectivity index (χ0n) is 13.3. The third-order valence-corrected chi connectivity index (χ3v) is 3.29. The first-order valence-electron chi connectivity index (χ1n) is 8.18. The molecule has 1 rings (SSSR count). The molecule has 1 fully saturated rings. The van der Waals surface area contributed by atoms with Gasteiger partial charge in [-0.25, -0.2) is 0 Å². The van der Waals surface area contributed by atoms with E-state index in [9.17, 15) is 13.2 Å². The van der Waals surface area contributed by atoms with Gasteiger partial charge in [0.05, 0.1) is 0 Å². The van der Waals surface area contributed by atoms with Crippen molar-refractivity contribution in [1.29, 1.82) is 0 Å². The molecule has 7 heteroatoms. The summed E-state index contributed by atoms with van der Waals surface area (Å²) in [5.41, 5.74) is 0. The largest absolute Gasteiger partial charge is 0.389 e. The number of ether oxygens (including phenoxy) is 1. The monoisotopic (exact) mass is 323 g/mol. The third kappa shape index (κ3) is 11.7. The minimum atomic E-state index is -4.06. The Morgan fingerprint density at radius 3 is 2.59 bits per heavy atom. The zero-order valence-corrected chi connectivity index (χ0v) is 13.3. The standard InChI is InChI=1S/C15H28F3N3O/c1-2-19-14(20-9-4-3-8-15(16,17)18)21-10-5-11-22-12-13-6-7-13/h13H,2-12H2,1H3,(H2,19,20,21). The number of guanidine groups is 1. The van der Waals surface area contributed by atoms with Crippen molar-refractivity contribution >= 4 is 5.96 Å². The smallest absolute Gasteiger partial charge is 0.381 e. The van der Waals surface area contributed by atoms with E-state index in [1.54, 1.807) is 0 Å². The van der Waals surface area contributed by atoms with Crippen LogP contribution in [0.25, 0.3) is 0 Å². The van der Waals surface area contributed by atoms with Gasteiger partial charge in [0, 0.05) is 39.3 Å². The fourth-order valence-corrected chi connectivity index (χ4v) is 1.89. The Morgan fingerprint density at radius 1 is 1.18 bits per heavy atom. The lowest BCUT2D eigenvalue weighted by atomic mass is 10.2. The first kappa shape index (κ1) is 19.1. The van der Waals surface area contributed by atoms with E-state index >= 15 is 0 Å². The molecule has 0 spiro atoms. The van der Waals surface area contributed by atoms with E-state index in [4.69, 9.17) is 4.74 Å². The van der Waals surface area contributed by atoms with Crippen molar-refractivity contribution in [1.82, 2.24) is 10.6 Å². The fourth-order valence-electron chi connectivity index (χ4n) is 1.89. The van der Waals surface area contributed by atoms with E-state index in [-0.39, 0.29) is 6.42 Å². The van der Waals surface area contributed by atoms with Crippen molar-refractivity contribution < 1.29 is 17.9 Å². The molecular formula is C15H28F3N3O. The third-order valence-electron chi connectivity index (χ3n) is 3.29. The molecule has 0 saturated heterocycles. The SMILES string of the molecule is CCNC(=NCCCOCC1CC1)NCCCCC(F)(F)F. The van der Waals surface area contributed by atoms with Crippen LogP contribution in [0, 0.1) is 5.92 Å². The lowest BCUT2D eigenvalue weighted by Crippen LogP contribution is -2.38. The van der Waals surface area contributed by atoms with Gasteiger partial charge in [0.25, 0.3) is 0 Å². The predicted molar refractivity (Wildman–Crippen MR) is 82.0 cm³/mol. The van der Waals surface area contributed by atoms with Crippen LogP contribution in [0.2, 0.25) is 0 Å². The van der Waals surface area contributed by atoms with Crippen molar-refractivity contribution in [2.45, 2.75) is 51.6 Å². The van der Waals surface area contributed by atoms with Crippen molar-refractivity contribution in [2.75, 3.05) is 32.8 Å². The maximum Gasteiger partial charge on any atom is 0.389 e. The Hall–Kier alpha value is -0.980. The van der Waals surface area contributed by atoms with Crippen LogP contribution in [0.3, 0.4) is 0 Å². The topological polar surface area (TPSA) is 45.7 Å². The first-order valence-corrected chi connectivity index (χ1v) is 8.18. The number of hydrogen-bond donors (Lipinski definition) is 2. The zero-order chi connectivity index (χ0) is 16.3. The van der Waals surface area contributed by atoms with Crippen LogP contribution in [0.15, 0.2) is 4.99 Å². The van der Waals surface area contributed by atoms with Crippen LogP contribution in [0.5, 0.6) is 0 Å². The molecule has 4 nitrogen and oxygen atoms in total. The molecule has 0 aromatic carbocycles. The van der Waals surface area contributed by atoms with Gasteiger partial charge in [-0.2, -0.15) is 13.2 Å². The number of nitrogens with zero attached hydrogens (tertiary/aromatic N) is 1. The number of halogens is 3. The summed E-state index contributed by atoms with van der Waals surface area (Å²) < 4.78 is 41.6. The van der Waals surface area contributed by atoms with Crippen molar-refractivity contribution in [3.63, 3.8) is 0 Å². The average molecular weight is 323 g/mol. The molecule has 0 aliphatic heterocycles. The van der Waals surface area contributed by atoms with Crippen LogP contribution in [0.4, 0.5) is 13.2 Å². The molecule has 0 radical (unpaired) electrons. The molecule has 0 aromatic rings. The van der Waals surface area contributed by atoms with Crippen LogP contribution >= 0.6 is 0 Å². The molecule has 0 unspecified atom stereocenters. The van der Waals surface area contributed by atoms with E-state index in [1.165, 1.54) is 12.8 Å². The summed E-state index contributed by atoms with van der Waals surface area (Å²) in [5.74, 6) is 1.44. The highest BCUT2D eigenvalue weighted by Gasteiger charge is 2.25. The van der Waals surface area contributed by atoms with Gasteiger partial charge >= 0.3 is 6.18 Å². The number of rotatable bonds is 11. The van der Waals surface area contributed by atoms with Gasteiger partial charge in [-0.1, -0.05) is 0 Å². The summed E-state index contributed by atoms with van der Waals surface area (Å²) in [6.07, 6.45) is -0.710. The second-order valence-electron chi connectivity index (χ2n) is 5.63. The highest BCUT2D eigenvalue weighted by atomic mass is 19.4. The second-order valence-corrected chi connectivity index (χ2v) is 5.63.